The lowest BCUT2D eigenvalue weighted by molar-refractivity contribution is 0.0719. The molecule has 8 heteroatoms. The molecule has 2 aliphatic heterocycles. The number of H-pyrrole nitrogens is 1. The van der Waals surface area contributed by atoms with Gasteiger partial charge in [0.05, 0.1) is 5.56 Å². The minimum absolute atomic E-state index is 0.0413. The lowest BCUT2D eigenvalue weighted by Gasteiger charge is -2.24. The number of nitrogens with zero attached hydrogens (tertiary/aromatic N) is 1. The third kappa shape index (κ3) is 4.83. The molecule has 1 aromatic heterocycles. The van der Waals surface area contributed by atoms with E-state index in [2.05, 4.69) is 10.3 Å². The van der Waals surface area contributed by atoms with E-state index in [4.69, 9.17) is 9.47 Å². The molecule has 1 saturated heterocycles. The maximum absolute atomic E-state index is 13.5. The fraction of sp³-hybridized carbons (Fsp3) is 0.290. The molecule has 0 saturated carbocycles. The Kier molecular flexibility index (Phi) is 6.70. The van der Waals surface area contributed by atoms with Gasteiger partial charge in [-0.15, -0.1) is 0 Å². The van der Waals surface area contributed by atoms with Gasteiger partial charge < -0.3 is 29.8 Å². The van der Waals surface area contributed by atoms with E-state index in [1.54, 1.807) is 6.07 Å². The molecule has 0 aliphatic carbocycles. The first-order valence-corrected chi connectivity index (χ1v) is 13.4. The Balaban J connectivity index is 1.26. The Morgan fingerprint density at radius 3 is 2.51 bits per heavy atom. The van der Waals surface area contributed by atoms with Crippen molar-refractivity contribution in [2.75, 3.05) is 26.3 Å². The number of aliphatic hydroxyl groups excluding tert-OH is 1. The zero-order chi connectivity index (χ0) is 26.9. The molecule has 2 atom stereocenters. The molecule has 2 aliphatic rings. The summed E-state index contributed by atoms with van der Waals surface area (Å²) >= 11 is 0. The number of ether oxygens (including phenoxy) is 2. The van der Waals surface area contributed by atoms with E-state index in [1.165, 1.54) is 0 Å². The monoisotopic (exact) mass is 525 g/mol. The van der Waals surface area contributed by atoms with E-state index in [9.17, 15) is 14.7 Å². The number of likely N-dealkylation sites (tertiary alicyclic amines) is 1. The number of aromatic nitrogens is 1. The van der Waals surface area contributed by atoms with Gasteiger partial charge in [-0.05, 0) is 59.9 Å². The van der Waals surface area contributed by atoms with Crippen molar-refractivity contribution in [2.24, 2.45) is 0 Å². The lowest BCUT2D eigenvalue weighted by atomic mass is 9.97. The van der Waals surface area contributed by atoms with Crippen LogP contribution in [0.1, 0.15) is 52.0 Å². The number of carbonyl (C=O) groups excluding carboxylic acids is 2. The van der Waals surface area contributed by atoms with Crippen LogP contribution in [0.5, 0.6) is 11.5 Å². The van der Waals surface area contributed by atoms with Crippen LogP contribution in [-0.2, 0) is 0 Å². The molecule has 1 unspecified atom stereocenters. The van der Waals surface area contributed by atoms with E-state index in [1.807, 2.05) is 72.6 Å². The average molecular weight is 526 g/mol. The molecule has 6 rings (SSSR count). The number of hydrogen-bond donors (Lipinski definition) is 3. The van der Waals surface area contributed by atoms with Gasteiger partial charge in [0.15, 0.2) is 11.5 Å². The molecule has 200 valence electrons. The van der Waals surface area contributed by atoms with Crippen LogP contribution in [0.4, 0.5) is 0 Å². The minimum atomic E-state index is -1.13. The molecule has 4 aromatic rings. The average Bonchev–Trinajstić information content (AvgIpc) is 3.67. The topological polar surface area (TPSA) is 104 Å². The van der Waals surface area contributed by atoms with Crippen LogP contribution in [0.15, 0.2) is 66.9 Å². The standard InChI is InChI=1S/C31H31N3O5/c1-19(25-18-32-26-7-3-2-6-23(25)26)29(35)33-30(36)24-16-22(17-27-28(24)39-15-14-38-27)20-8-10-21(11-9-20)31(37)34-12-4-5-13-34/h2-3,6-11,16-19,29,32,35H,4-5,12-15H2,1H3,(H,33,36)/t19?,29-/m1/s1. The van der Waals surface area contributed by atoms with Gasteiger partial charge in [-0.3, -0.25) is 9.59 Å². The van der Waals surface area contributed by atoms with Crippen LogP contribution < -0.4 is 14.8 Å². The number of hydrogen-bond acceptors (Lipinski definition) is 5. The zero-order valence-corrected chi connectivity index (χ0v) is 21.8. The first kappa shape index (κ1) is 25.0. The predicted molar refractivity (Wildman–Crippen MR) is 148 cm³/mol. The summed E-state index contributed by atoms with van der Waals surface area (Å²) in [6, 6.07) is 18.8. The Bertz CT molecular complexity index is 1520. The van der Waals surface area contributed by atoms with E-state index in [0.29, 0.717) is 30.3 Å². The molecule has 8 nitrogen and oxygen atoms in total. The van der Waals surface area contributed by atoms with Gasteiger partial charge in [0.25, 0.3) is 11.8 Å². The number of carbonyl (C=O) groups is 2. The molecule has 0 bridgehead atoms. The van der Waals surface area contributed by atoms with Crippen molar-refractivity contribution < 1.29 is 24.2 Å². The van der Waals surface area contributed by atoms with Gasteiger partial charge in [0.1, 0.15) is 19.4 Å². The van der Waals surface area contributed by atoms with Crippen molar-refractivity contribution in [3.05, 3.63) is 83.6 Å². The largest absolute Gasteiger partial charge is 0.486 e. The number of fused-ring (bicyclic) bond motifs is 2. The van der Waals surface area contributed by atoms with Crippen molar-refractivity contribution in [1.29, 1.82) is 0 Å². The van der Waals surface area contributed by atoms with Crippen LogP contribution in [0, 0.1) is 0 Å². The molecule has 2 amide bonds. The number of para-hydroxylation sites is 1. The first-order valence-electron chi connectivity index (χ1n) is 13.4. The second kappa shape index (κ2) is 10.5. The third-order valence-corrected chi connectivity index (χ3v) is 7.61. The molecule has 1 fully saturated rings. The fourth-order valence-electron chi connectivity index (χ4n) is 5.37. The van der Waals surface area contributed by atoms with Crippen LogP contribution in [0.25, 0.3) is 22.0 Å². The Morgan fingerprint density at radius 2 is 1.72 bits per heavy atom. The zero-order valence-electron chi connectivity index (χ0n) is 21.8. The van der Waals surface area contributed by atoms with Crippen molar-refractivity contribution in [1.82, 2.24) is 15.2 Å². The van der Waals surface area contributed by atoms with Crippen LogP contribution >= 0.6 is 0 Å². The Hall–Kier alpha value is -4.30. The highest BCUT2D eigenvalue weighted by Gasteiger charge is 2.27. The second-order valence-electron chi connectivity index (χ2n) is 10.1. The summed E-state index contributed by atoms with van der Waals surface area (Å²) in [5.74, 6) is 0.0516. The SMILES string of the molecule is CC(c1c[nH]c2ccccc12)[C@@H](O)NC(=O)c1cc(-c2ccc(C(=O)N3CCCC3)cc2)cc2c1OCCO2. The quantitative estimate of drug-likeness (QED) is 0.317. The van der Waals surface area contributed by atoms with E-state index < -0.39 is 12.1 Å². The summed E-state index contributed by atoms with van der Waals surface area (Å²) in [4.78, 5) is 31.3. The summed E-state index contributed by atoms with van der Waals surface area (Å²) < 4.78 is 11.7. The summed E-state index contributed by atoms with van der Waals surface area (Å²) in [6.07, 6.45) is 2.82. The number of benzene rings is 3. The highest BCUT2D eigenvalue weighted by Crippen LogP contribution is 2.39. The van der Waals surface area contributed by atoms with Crippen molar-refractivity contribution >= 4 is 22.7 Å². The van der Waals surface area contributed by atoms with E-state index in [-0.39, 0.29) is 17.4 Å². The number of aromatic amines is 1. The van der Waals surface area contributed by atoms with Crippen LogP contribution in [-0.4, -0.2) is 59.3 Å². The number of nitrogens with one attached hydrogen (secondary N) is 2. The Labute approximate surface area is 226 Å². The fourth-order valence-corrected chi connectivity index (χ4v) is 5.37. The summed E-state index contributed by atoms with van der Waals surface area (Å²) in [5.41, 5.74) is 4.40. The smallest absolute Gasteiger partial charge is 0.257 e. The highest BCUT2D eigenvalue weighted by atomic mass is 16.6. The van der Waals surface area contributed by atoms with E-state index in [0.717, 1.165) is 53.5 Å². The van der Waals surface area contributed by atoms with Crippen molar-refractivity contribution in [3.8, 4) is 22.6 Å². The summed E-state index contributed by atoms with van der Waals surface area (Å²) in [7, 11) is 0. The lowest BCUT2D eigenvalue weighted by Crippen LogP contribution is -2.38. The molecular weight excluding hydrogens is 494 g/mol. The molecule has 3 N–H and O–H groups in total. The van der Waals surface area contributed by atoms with Crippen LogP contribution in [0.3, 0.4) is 0 Å². The normalized spacial score (nSPS) is 16.2. The molecule has 3 aromatic carbocycles. The van der Waals surface area contributed by atoms with Crippen LogP contribution in [0.2, 0.25) is 0 Å². The molecule has 0 spiro atoms. The summed E-state index contributed by atoms with van der Waals surface area (Å²) in [6.45, 7) is 4.17. The van der Waals surface area contributed by atoms with Crippen molar-refractivity contribution in [2.45, 2.75) is 31.9 Å². The maximum Gasteiger partial charge on any atom is 0.257 e. The van der Waals surface area contributed by atoms with Gasteiger partial charge in [-0.25, -0.2) is 0 Å². The molecule has 3 heterocycles. The Morgan fingerprint density at radius 1 is 0.974 bits per heavy atom. The van der Waals surface area contributed by atoms with Gasteiger partial charge >= 0.3 is 0 Å². The van der Waals surface area contributed by atoms with Gasteiger partial charge in [0.2, 0.25) is 0 Å². The molecular formula is C31H31N3O5. The van der Waals surface area contributed by atoms with Gasteiger partial charge in [-0.2, -0.15) is 0 Å². The third-order valence-electron chi connectivity index (χ3n) is 7.61. The minimum Gasteiger partial charge on any atom is -0.486 e. The molecule has 0 radical (unpaired) electrons. The number of rotatable bonds is 6. The first-order chi connectivity index (χ1) is 19.0. The predicted octanol–water partition coefficient (Wildman–Crippen LogP) is 4.69. The van der Waals surface area contributed by atoms with Gasteiger partial charge in [0, 0.05) is 41.7 Å². The maximum atomic E-state index is 13.5. The second-order valence-corrected chi connectivity index (χ2v) is 10.1. The number of aliphatic hydroxyl groups is 1. The van der Waals surface area contributed by atoms with Crippen molar-refractivity contribution in [3.63, 3.8) is 0 Å². The highest BCUT2D eigenvalue weighted by molar-refractivity contribution is 6.00. The number of amides is 2. The van der Waals surface area contributed by atoms with Gasteiger partial charge in [-0.1, -0.05) is 37.3 Å². The van der Waals surface area contributed by atoms with E-state index >= 15 is 0 Å². The molecule has 39 heavy (non-hydrogen) atoms. The summed E-state index contributed by atoms with van der Waals surface area (Å²) in [5, 5.41) is 14.7.